The second-order valence-electron chi connectivity index (χ2n) is 4.84. The first-order chi connectivity index (χ1) is 11.2. The molecule has 0 unspecified atom stereocenters. The molecule has 6 nitrogen and oxygen atoms in total. The lowest BCUT2D eigenvalue weighted by Crippen LogP contribution is -2.38. The Balaban J connectivity index is 2.31. The standard InChI is InChI=1S/C16H25BrN4O2/c1-3-18-16(19-10-4-12-23-2)20-11-9-15(22)21-14-7-5-13(17)6-8-14/h5-8H,3-4,9-12H2,1-2H3,(H,21,22)(H2,18,19,20). The Morgan fingerprint density at radius 2 is 2.00 bits per heavy atom. The Labute approximate surface area is 146 Å². The number of nitrogens with zero attached hydrogens (tertiary/aromatic N) is 1. The van der Waals surface area contributed by atoms with Gasteiger partial charge >= 0.3 is 0 Å². The molecule has 0 aromatic heterocycles. The van der Waals surface area contributed by atoms with E-state index in [2.05, 4.69) is 36.9 Å². The third-order valence-corrected chi connectivity index (χ3v) is 3.42. The van der Waals surface area contributed by atoms with E-state index in [0.717, 1.165) is 29.1 Å². The molecule has 3 N–H and O–H groups in total. The fourth-order valence-corrected chi connectivity index (χ4v) is 2.06. The molecular formula is C16H25BrN4O2. The smallest absolute Gasteiger partial charge is 0.226 e. The van der Waals surface area contributed by atoms with Crippen molar-refractivity contribution in [2.45, 2.75) is 19.8 Å². The number of rotatable bonds is 9. The van der Waals surface area contributed by atoms with E-state index >= 15 is 0 Å². The number of amides is 1. The van der Waals surface area contributed by atoms with E-state index in [1.54, 1.807) is 7.11 Å². The molecule has 0 heterocycles. The second-order valence-corrected chi connectivity index (χ2v) is 5.75. The van der Waals surface area contributed by atoms with E-state index < -0.39 is 0 Å². The van der Waals surface area contributed by atoms with Crippen LogP contribution < -0.4 is 16.0 Å². The zero-order chi connectivity index (χ0) is 16.9. The maximum Gasteiger partial charge on any atom is 0.226 e. The van der Waals surface area contributed by atoms with Crippen molar-refractivity contribution >= 4 is 33.5 Å². The number of nitrogens with one attached hydrogen (secondary N) is 3. The Kier molecular flexibility index (Phi) is 10.1. The van der Waals surface area contributed by atoms with Crippen LogP contribution >= 0.6 is 15.9 Å². The first-order valence-electron chi connectivity index (χ1n) is 7.72. The molecule has 0 fully saturated rings. The molecule has 0 saturated heterocycles. The summed E-state index contributed by atoms with van der Waals surface area (Å²) >= 11 is 3.36. The average molecular weight is 385 g/mol. The van der Waals surface area contributed by atoms with Crippen LogP contribution in [0, 0.1) is 0 Å². The molecule has 0 aliphatic rings. The van der Waals surface area contributed by atoms with Crippen molar-refractivity contribution in [3.05, 3.63) is 28.7 Å². The Bertz CT molecular complexity index is 491. The van der Waals surface area contributed by atoms with Gasteiger partial charge in [-0.25, -0.2) is 0 Å². The number of carbonyl (C=O) groups is 1. The molecule has 23 heavy (non-hydrogen) atoms. The van der Waals surface area contributed by atoms with Crippen molar-refractivity contribution in [1.82, 2.24) is 10.6 Å². The largest absolute Gasteiger partial charge is 0.385 e. The van der Waals surface area contributed by atoms with Crippen LogP contribution in [0.5, 0.6) is 0 Å². The SMILES string of the molecule is CCNC(=NCCCOC)NCCC(=O)Nc1ccc(Br)cc1. The molecule has 0 aliphatic carbocycles. The van der Waals surface area contributed by atoms with E-state index in [1.807, 2.05) is 31.2 Å². The van der Waals surface area contributed by atoms with Crippen molar-refractivity contribution in [1.29, 1.82) is 0 Å². The minimum Gasteiger partial charge on any atom is -0.385 e. The third kappa shape index (κ3) is 9.20. The van der Waals surface area contributed by atoms with E-state index in [9.17, 15) is 4.79 Å². The number of halogens is 1. The number of hydrogen-bond donors (Lipinski definition) is 3. The minimum absolute atomic E-state index is 0.0324. The molecule has 0 spiro atoms. The molecule has 0 atom stereocenters. The van der Waals surface area contributed by atoms with Crippen molar-refractivity contribution < 1.29 is 9.53 Å². The highest BCUT2D eigenvalue weighted by Crippen LogP contribution is 2.14. The van der Waals surface area contributed by atoms with Gasteiger partial charge in [0.1, 0.15) is 0 Å². The van der Waals surface area contributed by atoms with Gasteiger partial charge in [-0.1, -0.05) is 15.9 Å². The van der Waals surface area contributed by atoms with E-state index in [0.29, 0.717) is 26.1 Å². The number of anilines is 1. The molecule has 0 saturated carbocycles. The summed E-state index contributed by atoms with van der Waals surface area (Å²) in [6.07, 6.45) is 1.25. The molecule has 1 aromatic carbocycles. The van der Waals surface area contributed by atoms with Gasteiger partial charge in [0, 0.05) is 49.9 Å². The van der Waals surface area contributed by atoms with Crippen LogP contribution in [0.2, 0.25) is 0 Å². The Morgan fingerprint density at radius 1 is 1.26 bits per heavy atom. The quantitative estimate of drug-likeness (QED) is 0.347. The highest BCUT2D eigenvalue weighted by atomic mass is 79.9. The summed E-state index contributed by atoms with van der Waals surface area (Å²) in [5, 5.41) is 9.16. The maximum absolute atomic E-state index is 11.9. The van der Waals surface area contributed by atoms with Gasteiger partial charge in [-0.2, -0.15) is 0 Å². The van der Waals surface area contributed by atoms with Gasteiger partial charge in [-0.3, -0.25) is 9.79 Å². The van der Waals surface area contributed by atoms with Gasteiger partial charge < -0.3 is 20.7 Å². The van der Waals surface area contributed by atoms with E-state index in [-0.39, 0.29) is 5.91 Å². The number of guanidine groups is 1. The van der Waals surface area contributed by atoms with E-state index in [4.69, 9.17) is 4.74 Å². The summed E-state index contributed by atoms with van der Waals surface area (Å²) < 4.78 is 5.98. The van der Waals surface area contributed by atoms with Gasteiger partial charge in [-0.15, -0.1) is 0 Å². The molecule has 0 bridgehead atoms. The van der Waals surface area contributed by atoms with Gasteiger partial charge in [0.15, 0.2) is 5.96 Å². The monoisotopic (exact) mass is 384 g/mol. The first-order valence-corrected chi connectivity index (χ1v) is 8.51. The lowest BCUT2D eigenvalue weighted by Gasteiger charge is -2.11. The van der Waals surface area contributed by atoms with Gasteiger partial charge in [0.05, 0.1) is 0 Å². The average Bonchev–Trinajstić information content (AvgIpc) is 2.53. The third-order valence-electron chi connectivity index (χ3n) is 2.89. The molecule has 0 aliphatic heterocycles. The van der Waals surface area contributed by atoms with Crippen molar-refractivity contribution in [3.8, 4) is 0 Å². The second kappa shape index (κ2) is 11.9. The summed E-state index contributed by atoms with van der Waals surface area (Å²) in [7, 11) is 1.68. The Hall–Kier alpha value is -1.60. The zero-order valence-electron chi connectivity index (χ0n) is 13.7. The van der Waals surface area contributed by atoms with Crippen LogP contribution in [-0.2, 0) is 9.53 Å². The van der Waals surface area contributed by atoms with Crippen LogP contribution in [-0.4, -0.2) is 45.2 Å². The van der Waals surface area contributed by atoms with Crippen molar-refractivity contribution in [2.24, 2.45) is 4.99 Å². The molecule has 0 radical (unpaired) electrons. The predicted molar refractivity (Wildman–Crippen MR) is 97.9 cm³/mol. The maximum atomic E-state index is 11.9. The summed E-state index contributed by atoms with van der Waals surface area (Å²) in [5.74, 6) is 0.690. The molecule has 1 rings (SSSR count). The lowest BCUT2D eigenvalue weighted by atomic mass is 10.3. The van der Waals surface area contributed by atoms with Gasteiger partial charge in [0.25, 0.3) is 0 Å². The van der Waals surface area contributed by atoms with Crippen LogP contribution in [0.15, 0.2) is 33.7 Å². The molecule has 128 valence electrons. The molecule has 1 aromatic rings. The van der Waals surface area contributed by atoms with E-state index in [1.165, 1.54) is 0 Å². The number of hydrogen-bond acceptors (Lipinski definition) is 3. The summed E-state index contributed by atoms with van der Waals surface area (Å²) in [5.41, 5.74) is 0.790. The predicted octanol–water partition coefficient (Wildman–Crippen LogP) is 2.37. The van der Waals surface area contributed by atoms with Crippen molar-refractivity contribution in [3.63, 3.8) is 0 Å². The topological polar surface area (TPSA) is 74.8 Å². The van der Waals surface area contributed by atoms with Crippen LogP contribution in [0.25, 0.3) is 0 Å². The number of carbonyl (C=O) groups excluding carboxylic acids is 1. The first kappa shape index (κ1) is 19.4. The number of aliphatic imine (C=N–C) groups is 1. The van der Waals surface area contributed by atoms with Crippen LogP contribution in [0.1, 0.15) is 19.8 Å². The number of benzene rings is 1. The van der Waals surface area contributed by atoms with Crippen molar-refractivity contribution in [2.75, 3.05) is 38.7 Å². The summed E-state index contributed by atoms with van der Waals surface area (Å²) in [6, 6.07) is 7.50. The number of ether oxygens (including phenoxy) is 1. The van der Waals surface area contributed by atoms with Gasteiger partial charge in [0.2, 0.25) is 5.91 Å². The summed E-state index contributed by atoms with van der Waals surface area (Å²) in [4.78, 5) is 16.3. The van der Waals surface area contributed by atoms with Gasteiger partial charge in [-0.05, 0) is 37.6 Å². The molecule has 1 amide bonds. The number of methoxy groups -OCH3 is 1. The highest BCUT2D eigenvalue weighted by Gasteiger charge is 2.03. The molecule has 7 heteroatoms. The fraction of sp³-hybridized carbons (Fsp3) is 0.500. The Morgan fingerprint density at radius 3 is 2.65 bits per heavy atom. The minimum atomic E-state index is -0.0324. The highest BCUT2D eigenvalue weighted by molar-refractivity contribution is 9.10. The van der Waals surface area contributed by atoms with Crippen LogP contribution in [0.3, 0.4) is 0 Å². The molecular weight excluding hydrogens is 360 g/mol. The lowest BCUT2D eigenvalue weighted by molar-refractivity contribution is -0.116. The normalized spacial score (nSPS) is 11.2. The van der Waals surface area contributed by atoms with Crippen LogP contribution in [0.4, 0.5) is 5.69 Å². The summed E-state index contributed by atoms with van der Waals surface area (Å²) in [6.45, 7) is 4.69. The zero-order valence-corrected chi connectivity index (χ0v) is 15.3. The fourth-order valence-electron chi connectivity index (χ4n) is 1.79.